The number of amides is 5. The van der Waals surface area contributed by atoms with Gasteiger partial charge in [0.2, 0.25) is 5.91 Å². The molecule has 1 aliphatic carbocycles. The summed E-state index contributed by atoms with van der Waals surface area (Å²) >= 11 is 5.79. The Balaban J connectivity index is 1.68. The van der Waals surface area contributed by atoms with Gasteiger partial charge >= 0.3 is 17.8 Å². The van der Waals surface area contributed by atoms with Crippen molar-refractivity contribution in [2.24, 2.45) is 5.92 Å². The molecule has 2 atom stereocenters. The highest BCUT2D eigenvalue weighted by Crippen LogP contribution is 2.31. The quantitative estimate of drug-likeness (QED) is 0.645. The molecule has 1 N–H and O–H groups in total. The number of urea groups is 1. The van der Waals surface area contributed by atoms with E-state index in [2.05, 4.69) is 5.32 Å². The van der Waals surface area contributed by atoms with Crippen LogP contribution in [0, 0.1) is 5.92 Å². The molecule has 5 amide bonds. The van der Waals surface area contributed by atoms with Gasteiger partial charge in [-0.2, -0.15) is 0 Å². The summed E-state index contributed by atoms with van der Waals surface area (Å²) in [7, 11) is 0. The predicted octanol–water partition coefficient (Wildman–Crippen LogP) is 2.65. The summed E-state index contributed by atoms with van der Waals surface area (Å²) in [4.78, 5) is 51.1. The molecule has 1 aromatic carbocycles. The van der Waals surface area contributed by atoms with Crippen LogP contribution in [0.4, 0.5) is 10.5 Å². The van der Waals surface area contributed by atoms with E-state index in [0.29, 0.717) is 17.1 Å². The molecule has 0 unspecified atom stereocenters. The number of carbonyl (C=O) groups excluding carboxylic acids is 4. The van der Waals surface area contributed by atoms with Crippen molar-refractivity contribution in [2.45, 2.75) is 38.6 Å². The van der Waals surface area contributed by atoms with E-state index < -0.39 is 30.3 Å². The van der Waals surface area contributed by atoms with Crippen molar-refractivity contribution in [3.63, 3.8) is 0 Å². The van der Waals surface area contributed by atoms with Gasteiger partial charge in [0.1, 0.15) is 6.54 Å². The van der Waals surface area contributed by atoms with E-state index >= 15 is 0 Å². The normalized spacial score (nSPS) is 23.5. The zero-order valence-electron chi connectivity index (χ0n) is 14.4. The number of rotatable bonds is 4. The van der Waals surface area contributed by atoms with Gasteiger partial charge in [-0.05, 0) is 43.0 Å². The average molecular weight is 378 g/mol. The molecule has 26 heavy (non-hydrogen) atoms. The monoisotopic (exact) mass is 377 g/mol. The van der Waals surface area contributed by atoms with Gasteiger partial charge in [-0.3, -0.25) is 19.3 Å². The van der Waals surface area contributed by atoms with Crippen LogP contribution >= 0.6 is 11.6 Å². The summed E-state index contributed by atoms with van der Waals surface area (Å²) in [5.41, 5.74) is 0.489. The Labute approximate surface area is 156 Å². The Morgan fingerprint density at radius 3 is 2.42 bits per heavy atom. The summed E-state index contributed by atoms with van der Waals surface area (Å²) in [6.45, 7) is 1.48. The van der Waals surface area contributed by atoms with Crippen LogP contribution in [0.1, 0.15) is 32.6 Å². The van der Waals surface area contributed by atoms with Crippen molar-refractivity contribution in [3.05, 3.63) is 29.3 Å². The lowest BCUT2D eigenvalue weighted by Gasteiger charge is -2.34. The van der Waals surface area contributed by atoms with Crippen LogP contribution in [-0.2, 0) is 14.4 Å². The van der Waals surface area contributed by atoms with Gasteiger partial charge in [0.15, 0.2) is 0 Å². The molecule has 0 bridgehead atoms. The van der Waals surface area contributed by atoms with Crippen LogP contribution in [0.5, 0.6) is 0 Å². The highest BCUT2D eigenvalue weighted by molar-refractivity contribution is 6.45. The van der Waals surface area contributed by atoms with Crippen LogP contribution < -0.4 is 5.32 Å². The highest BCUT2D eigenvalue weighted by Gasteiger charge is 2.49. The zero-order chi connectivity index (χ0) is 18.8. The fourth-order valence-electron chi connectivity index (χ4n) is 3.51. The van der Waals surface area contributed by atoms with Gasteiger partial charge in [0, 0.05) is 16.8 Å². The van der Waals surface area contributed by atoms with Gasteiger partial charge < -0.3 is 5.32 Å². The molecule has 1 saturated carbocycles. The Bertz CT molecular complexity index is 749. The fourth-order valence-corrected chi connectivity index (χ4v) is 3.64. The number of hydrogen-bond acceptors (Lipinski definition) is 4. The summed E-state index contributed by atoms with van der Waals surface area (Å²) in [6.07, 6.45) is 3.57. The lowest BCUT2D eigenvalue weighted by molar-refractivity contribution is -0.145. The van der Waals surface area contributed by atoms with Gasteiger partial charge in [-0.1, -0.05) is 31.4 Å². The largest absolute Gasteiger partial charge is 0.334 e. The first-order chi connectivity index (χ1) is 12.4. The second kappa shape index (κ2) is 7.45. The van der Waals surface area contributed by atoms with Gasteiger partial charge in [-0.15, -0.1) is 0 Å². The van der Waals surface area contributed by atoms with Gasteiger partial charge in [0.25, 0.3) is 0 Å². The average Bonchev–Trinajstić information content (AvgIpc) is 2.81. The number of carbonyl (C=O) groups is 4. The molecule has 0 radical (unpaired) electrons. The maximum atomic E-state index is 12.6. The van der Waals surface area contributed by atoms with E-state index in [4.69, 9.17) is 11.6 Å². The first-order valence-corrected chi connectivity index (χ1v) is 9.00. The number of hydrogen-bond donors (Lipinski definition) is 1. The molecule has 1 heterocycles. The standard InChI is InChI=1S/C18H20ClN3O4/c1-11-4-2-3-5-14(11)22-17(25)16(24)21(18(22)26)10-15(23)20-13-8-6-12(19)7-9-13/h6-9,11,14H,2-5,10H2,1H3,(H,20,23)/t11-,14+/m0/s1. The third-order valence-corrected chi connectivity index (χ3v) is 5.16. The molecule has 3 rings (SSSR count). The summed E-state index contributed by atoms with van der Waals surface area (Å²) < 4.78 is 0. The lowest BCUT2D eigenvalue weighted by Crippen LogP contribution is -2.46. The third-order valence-electron chi connectivity index (χ3n) is 4.91. The first-order valence-electron chi connectivity index (χ1n) is 8.63. The van der Waals surface area contributed by atoms with Crippen molar-refractivity contribution < 1.29 is 19.2 Å². The molecule has 8 heteroatoms. The predicted molar refractivity (Wildman–Crippen MR) is 95.5 cm³/mol. The minimum atomic E-state index is -0.945. The maximum absolute atomic E-state index is 12.6. The number of imide groups is 2. The molecule has 138 valence electrons. The minimum absolute atomic E-state index is 0.146. The van der Waals surface area contributed by atoms with Crippen LogP contribution in [0.25, 0.3) is 0 Å². The molecule has 0 spiro atoms. The van der Waals surface area contributed by atoms with Crippen molar-refractivity contribution >= 4 is 41.0 Å². The molecule has 0 aromatic heterocycles. The maximum Gasteiger partial charge on any atom is 0.334 e. The molecule has 1 aromatic rings. The van der Waals surface area contributed by atoms with E-state index in [-0.39, 0.29) is 12.0 Å². The Hall–Kier alpha value is -2.41. The van der Waals surface area contributed by atoms with E-state index in [1.165, 1.54) is 0 Å². The Morgan fingerprint density at radius 2 is 1.77 bits per heavy atom. The molecule has 1 aliphatic heterocycles. The van der Waals surface area contributed by atoms with E-state index in [9.17, 15) is 19.2 Å². The van der Waals surface area contributed by atoms with E-state index in [1.807, 2.05) is 6.92 Å². The van der Waals surface area contributed by atoms with Gasteiger partial charge in [-0.25, -0.2) is 9.69 Å². The minimum Gasteiger partial charge on any atom is -0.325 e. The molecular weight excluding hydrogens is 358 g/mol. The lowest BCUT2D eigenvalue weighted by atomic mass is 9.85. The summed E-state index contributed by atoms with van der Waals surface area (Å²) in [6, 6.07) is 5.45. The zero-order valence-corrected chi connectivity index (χ0v) is 15.2. The third kappa shape index (κ3) is 3.58. The number of benzene rings is 1. The SMILES string of the molecule is C[C@H]1CCCC[C@H]1N1C(=O)C(=O)N(CC(=O)Nc2ccc(Cl)cc2)C1=O. The Morgan fingerprint density at radius 1 is 1.12 bits per heavy atom. The molecule has 2 aliphatic rings. The molecule has 2 fully saturated rings. The smallest absolute Gasteiger partial charge is 0.325 e. The van der Waals surface area contributed by atoms with Crippen LogP contribution in [-0.4, -0.2) is 46.1 Å². The molecular formula is C18H20ClN3O4. The second-order valence-electron chi connectivity index (χ2n) is 6.73. The highest BCUT2D eigenvalue weighted by atomic mass is 35.5. The summed E-state index contributed by atoms with van der Waals surface area (Å²) in [5.74, 6) is -2.19. The summed E-state index contributed by atoms with van der Waals surface area (Å²) in [5, 5.41) is 3.11. The fraction of sp³-hybridized carbons (Fsp3) is 0.444. The number of anilines is 1. The molecule has 1 saturated heterocycles. The van der Waals surface area contributed by atoms with Gasteiger partial charge in [0.05, 0.1) is 0 Å². The van der Waals surface area contributed by atoms with Crippen molar-refractivity contribution in [3.8, 4) is 0 Å². The first kappa shape index (κ1) is 18.4. The van der Waals surface area contributed by atoms with Crippen LogP contribution in [0.3, 0.4) is 0 Å². The van der Waals surface area contributed by atoms with Crippen LogP contribution in [0.2, 0.25) is 5.02 Å². The van der Waals surface area contributed by atoms with Crippen molar-refractivity contribution in [1.29, 1.82) is 0 Å². The number of nitrogens with one attached hydrogen (secondary N) is 1. The number of nitrogens with zero attached hydrogens (tertiary/aromatic N) is 2. The molecule has 7 nitrogen and oxygen atoms in total. The van der Waals surface area contributed by atoms with E-state index in [1.54, 1.807) is 24.3 Å². The second-order valence-corrected chi connectivity index (χ2v) is 7.17. The van der Waals surface area contributed by atoms with Crippen LogP contribution in [0.15, 0.2) is 24.3 Å². The topological polar surface area (TPSA) is 86.8 Å². The van der Waals surface area contributed by atoms with Crippen molar-refractivity contribution in [1.82, 2.24) is 9.80 Å². The Kier molecular flexibility index (Phi) is 5.27. The van der Waals surface area contributed by atoms with Crippen molar-refractivity contribution in [2.75, 3.05) is 11.9 Å². The number of halogens is 1. The van der Waals surface area contributed by atoms with E-state index in [0.717, 1.165) is 29.1 Å².